The van der Waals surface area contributed by atoms with Gasteiger partial charge in [-0.15, -0.1) is 0 Å². The minimum absolute atomic E-state index is 0.369. The van der Waals surface area contributed by atoms with Gasteiger partial charge in [0.05, 0.1) is 24.8 Å². The molecule has 0 atom stereocenters. The SMILES string of the molecule is CCCCCCCCOC(=O)c1cc(C)cc(C(=O)OC)c1. The Morgan fingerprint density at radius 2 is 1.50 bits per heavy atom. The molecule has 22 heavy (non-hydrogen) atoms. The molecule has 1 aromatic carbocycles. The Bertz CT molecular complexity index is 494. The second-order valence-electron chi connectivity index (χ2n) is 5.48. The second-order valence-corrected chi connectivity index (χ2v) is 5.48. The quantitative estimate of drug-likeness (QED) is 0.504. The van der Waals surface area contributed by atoms with Crippen LogP contribution >= 0.6 is 0 Å². The van der Waals surface area contributed by atoms with Crippen LogP contribution in [-0.4, -0.2) is 25.7 Å². The van der Waals surface area contributed by atoms with Gasteiger partial charge in [0.1, 0.15) is 0 Å². The third kappa shape index (κ3) is 6.29. The first-order valence-corrected chi connectivity index (χ1v) is 7.95. The molecule has 0 amide bonds. The van der Waals surface area contributed by atoms with Crippen LogP contribution in [0, 0.1) is 6.92 Å². The van der Waals surface area contributed by atoms with Gasteiger partial charge < -0.3 is 9.47 Å². The van der Waals surface area contributed by atoms with E-state index in [1.807, 2.05) is 6.92 Å². The van der Waals surface area contributed by atoms with Gasteiger partial charge >= 0.3 is 11.9 Å². The first kappa shape index (κ1) is 18.2. The van der Waals surface area contributed by atoms with E-state index < -0.39 is 5.97 Å². The summed E-state index contributed by atoms with van der Waals surface area (Å²) in [4.78, 5) is 23.6. The summed E-state index contributed by atoms with van der Waals surface area (Å²) in [5.41, 5.74) is 1.59. The first-order chi connectivity index (χ1) is 10.6. The lowest BCUT2D eigenvalue weighted by atomic mass is 10.1. The third-order valence-electron chi connectivity index (χ3n) is 3.47. The van der Waals surface area contributed by atoms with E-state index in [0.717, 1.165) is 18.4 Å². The molecular weight excluding hydrogens is 280 g/mol. The molecule has 0 N–H and O–H groups in total. The Hall–Kier alpha value is -1.84. The van der Waals surface area contributed by atoms with Crippen molar-refractivity contribution >= 4 is 11.9 Å². The van der Waals surface area contributed by atoms with Gasteiger partial charge in [-0.05, 0) is 37.1 Å². The van der Waals surface area contributed by atoms with Crippen LogP contribution in [0.2, 0.25) is 0 Å². The van der Waals surface area contributed by atoms with Crippen LogP contribution in [0.25, 0.3) is 0 Å². The number of esters is 2. The number of ether oxygens (including phenoxy) is 2. The van der Waals surface area contributed by atoms with Crippen molar-refractivity contribution in [1.29, 1.82) is 0 Å². The number of unbranched alkanes of at least 4 members (excludes halogenated alkanes) is 5. The summed E-state index contributed by atoms with van der Waals surface area (Å²) in [6.07, 6.45) is 6.87. The molecule has 0 aliphatic carbocycles. The second kappa shape index (κ2) is 9.98. The molecular formula is C18H26O4. The Labute approximate surface area is 132 Å². The molecule has 0 radical (unpaired) electrons. The van der Waals surface area contributed by atoms with Gasteiger partial charge in [0.25, 0.3) is 0 Å². The summed E-state index contributed by atoms with van der Waals surface area (Å²) in [5.74, 6) is -0.837. The number of hydrogen-bond donors (Lipinski definition) is 0. The first-order valence-electron chi connectivity index (χ1n) is 7.95. The molecule has 0 aliphatic heterocycles. The van der Waals surface area contributed by atoms with Crippen LogP contribution in [0.15, 0.2) is 18.2 Å². The lowest BCUT2D eigenvalue weighted by Gasteiger charge is -2.07. The fraction of sp³-hybridized carbons (Fsp3) is 0.556. The highest BCUT2D eigenvalue weighted by Gasteiger charge is 2.13. The zero-order valence-corrected chi connectivity index (χ0v) is 13.8. The maximum absolute atomic E-state index is 12.0. The molecule has 1 aromatic rings. The van der Waals surface area contributed by atoms with Gasteiger partial charge in [-0.25, -0.2) is 9.59 Å². The van der Waals surface area contributed by atoms with Crippen molar-refractivity contribution in [1.82, 2.24) is 0 Å². The fourth-order valence-corrected chi connectivity index (χ4v) is 2.27. The number of carbonyl (C=O) groups is 2. The normalized spacial score (nSPS) is 10.3. The molecule has 0 fully saturated rings. The predicted molar refractivity (Wildman–Crippen MR) is 86.2 cm³/mol. The van der Waals surface area contributed by atoms with Crippen molar-refractivity contribution in [3.63, 3.8) is 0 Å². The maximum atomic E-state index is 12.0. The van der Waals surface area contributed by atoms with Crippen molar-refractivity contribution in [2.75, 3.05) is 13.7 Å². The van der Waals surface area contributed by atoms with Crippen LogP contribution in [-0.2, 0) is 9.47 Å². The summed E-state index contributed by atoms with van der Waals surface area (Å²) >= 11 is 0. The van der Waals surface area contributed by atoms with E-state index in [0.29, 0.717) is 17.7 Å². The topological polar surface area (TPSA) is 52.6 Å². The van der Waals surface area contributed by atoms with E-state index in [-0.39, 0.29) is 5.97 Å². The zero-order valence-electron chi connectivity index (χ0n) is 13.8. The van der Waals surface area contributed by atoms with Gasteiger partial charge in [-0.1, -0.05) is 39.0 Å². The van der Waals surface area contributed by atoms with Crippen molar-refractivity contribution in [3.05, 3.63) is 34.9 Å². The summed E-state index contributed by atoms with van der Waals surface area (Å²) in [5, 5.41) is 0. The maximum Gasteiger partial charge on any atom is 0.338 e. The van der Waals surface area contributed by atoms with Crippen molar-refractivity contribution in [3.8, 4) is 0 Å². The number of aryl methyl sites for hydroxylation is 1. The van der Waals surface area contributed by atoms with Crippen LogP contribution in [0.1, 0.15) is 71.7 Å². The van der Waals surface area contributed by atoms with Crippen LogP contribution < -0.4 is 0 Å². The van der Waals surface area contributed by atoms with E-state index in [1.54, 1.807) is 12.1 Å². The highest BCUT2D eigenvalue weighted by atomic mass is 16.5. The Kier molecular flexibility index (Phi) is 8.26. The molecule has 4 nitrogen and oxygen atoms in total. The molecule has 0 aromatic heterocycles. The van der Waals surface area contributed by atoms with Crippen molar-refractivity contribution in [2.45, 2.75) is 52.4 Å². The monoisotopic (exact) mass is 306 g/mol. The van der Waals surface area contributed by atoms with E-state index >= 15 is 0 Å². The molecule has 0 saturated carbocycles. The van der Waals surface area contributed by atoms with Crippen LogP contribution in [0.3, 0.4) is 0 Å². The number of rotatable bonds is 9. The van der Waals surface area contributed by atoms with Gasteiger partial charge in [-0.3, -0.25) is 0 Å². The molecule has 0 spiro atoms. The third-order valence-corrected chi connectivity index (χ3v) is 3.47. The average molecular weight is 306 g/mol. The lowest BCUT2D eigenvalue weighted by Crippen LogP contribution is -2.09. The Morgan fingerprint density at radius 3 is 2.14 bits per heavy atom. The Balaban J connectivity index is 2.45. The molecule has 122 valence electrons. The number of methoxy groups -OCH3 is 1. The van der Waals surface area contributed by atoms with E-state index in [1.165, 1.54) is 38.9 Å². The summed E-state index contributed by atoms with van der Waals surface area (Å²) < 4.78 is 9.95. The highest BCUT2D eigenvalue weighted by Crippen LogP contribution is 2.13. The molecule has 0 saturated heterocycles. The minimum atomic E-state index is -0.450. The summed E-state index contributed by atoms with van der Waals surface area (Å²) in [6, 6.07) is 4.93. The highest BCUT2D eigenvalue weighted by molar-refractivity contribution is 5.95. The van der Waals surface area contributed by atoms with Gasteiger partial charge in [-0.2, -0.15) is 0 Å². The van der Waals surface area contributed by atoms with Crippen LogP contribution in [0.5, 0.6) is 0 Å². The smallest absolute Gasteiger partial charge is 0.338 e. The molecule has 0 aliphatic rings. The standard InChI is InChI=1S/C18H26O4/c1-4-5-6-7-8-9-10-22-18(20)16-12-14(2)11-15(13-16)17(19)21-3/h11-13H,4-10H2,1-3H3. The number of hydrogen-bond acceptors (Lipinski definition) is 4. The largest absolute Gasteiger partial charge is 0.465 e. The fourth-order valence-electron chi connectivity index (χ4n) is 2.27. The summed E-state index contributed by atoms with van der Waals surface area (Å²) in [6.45, 7) is 4.44. The summed E-state index contributed by atoms with van der Waals surface area (Å²) in [7, 11) is 1.32. The van der Waals surface area contributed by atoms with E-state index in [4.69, 9.17) is 4.74 Å². The molecule has 0 unspecified atom stereocenters. The molecule has 0 bridgehead atoms. The predicted octanol–water partition coefficient (Wildman–Crippen LogP) is 4.30. The van der Waals surface area contributed by atoms with E-state index in [9.17, 15) is 9.59 Å². The Morgan fingerprint density at radius 1 is 0.909 bits per heavy atom. The lowest BCUT2D eigenvalue weighted by molar-refractivity contribution is 0.0497. The number of benzene rings is 1. The van der Waals surface area contributed by atoms with Gasteiger partial charge in [0, 0.05) is 0 Å². The number of carbonyl (C=O) groups excluding carboxylic acids is 2. The van der Waals surface area contributed by atoms with Crippen molar-refractivity contribution < 1.29 is 19.1 Å². The minimum Gasteiger partial charge on any atom is -0.465 e. The molecule has 4 heteroatoms. The molecule has 0 heterocycles. The molecule has 1 rings (SSSR count). The van der Waals surface area contributed by atoms with Gasteiger partial charge in [0.2, 0.25) is 0 Å². The van der Waals surface area contributed by atoms with Crippen molar-refractivity contribution in [2.24, 2.45) is 0 Å². The zero-order chi connectivity index (χ0) is 16.4. The van der Waals surface area contributed by atoms with Crippen LogP contribution in [0.4, 0.5) is 0 Å². The average Bonchev–Trinajstić information content (AvgIpc) is 2.52. The van der Waals surface area contributed by atoms with Gasteiger partial charge in [0.15, 0.2) is 0 Å². The van der Waals surface area contributed by atoms with E-state index in [2.05, 4.69) is 11.7 Å².